The van der Waals surface area contributed by atoms with Crippen molar-refractivity contribution in [2.45, 2.75) is 26.2 Å². The van der Waals surface area contributed by atoms with Gasteiger partial charge >= 0.3 is 5.97 Å². The number of aromatic amines is 1. The molecule has 0 saturated carbocycles. The molecule has 1 N–H and O–H groups in total. The zero-order chi connectivity index (χ0) is 11.4. The van der Waals surface area contributed by atoms with Crippen LogP contribution in [-0.2, 0) is 4.79 Å². The standard InChI is InChI=1S/C13H15NO2/c1-2-3-7-13(15)16-12-6-4-5-11-10(12)8-9-14-11/h4-6,8-9,14H,2-3,7H2,1H3. The molecule has 2 aromatic rings. The topological polar surface area (TPSA) is 42.1 Å². The zero-order valence-electron chi connectivity index (χ0n) is 9.32. The SMILES string of the molecule is CCCCC(=O)Oc1cccc2[nH]ccc12. The van der Waals surface area contributed by atoms with E-state index in [0.29, 0.717) is 12.2 Å². The Kier molecular flexibility index (Phi) is 3.25. The minimum Gasteiger partial charge on any atom is -0.426 e. The van der Waals surface area contributed by atoms with Crippen molar-refractivity contribution in [3.63, 3.8) is 0 Å². The molecule has 0 aliphatic rings. The Morgan fingerprint density at radius 1 is 1.38 bits per heavy atom. The van der Waals surface area contributed by atoms with E-state index in [0.717, 1.165) is 23.7 Å². The van der Waals surface area contributed by atoms with Crippen LogP contribution in [-0.4, -0.2) is 11.0 Å². The predicted molar refractivity (Wildman–Crippen MR) is 63.5 cm³/mol. The highest BCUT2D eigenvalue weighted by Gasteiger charge is 2.07. The van der Waals surface area contributed by atoms with E-state index >= 15 is 0 Å². The fourth-order valence-corrected chi connectivity index (χ4v) is 1.64. The minimum atomic E-state index is -0.157. The molecule has 0 spiro atoms. The van der Waals surface area contributed by atoms with E-state index in [-0.39, 0.29) is 5.97 Å². The van der Waals surface area contributed by atoms with Gasteiger partial charge in [0.2, 0.25) is 0 Å². The monoisotopic (exact) mass is 217 g/mol. The lowest BCUT2D eigenvalue weighted by Crippen LogP contribution is -2.07. The van der Waals surface area contributed by atoms with E-state index in [9.17, 15) is 4.79 Å². The number of hydrogen-bond donors (Lipinski definition) is 1. The third-order valence-corrected chi connectivity index (χ3v) is 2.51. The number of carbonyl (C=O) groups is 1. The van der Waals surface area contributed by atoms with Crippen LogP contribution in [0.15, 0.2) is 30.5 Å². The van der Waals surface area contributed by atoms with E-state index in [1.165, 1.54) is 0 Å². The number of esters is 1. The Labute approximate surface area is 94.4 Å². The lowest BCUT2D eigenvalue weighted by molar-refractivity contribution is -0.134. The van der Waals surface area contributed by atoms with Crippen molar-refractivity contribution < 1.29 is 9.53 Å². The molecule has 0 unspecified atom stereocenters. The van der Waals surface area contributed by atoms with Gasteiger partial charge in [-0.05, 0) is 24.6 Å². The molecule has 1 aromatic carbocycles. The van der Waals surface area contributed by atoms with Crippen molar-refractivity contribution >= 4 is 16.9 Å². The van der Waals surface area contributed by atoms with Gasteiger partial charge in [-0.3, -0.25) is 4.79 Å². The largest absolute Gasteiger partial charge is 0.426 e. The fourth-order valence-electron chi connectivity index (χ4n) is 1.64. The maximum absolute atomic E-state index is 11.5. The molecule has 0 atom stereocenters. The van der Waals surface area contributed by atoms with Crippen molar-refractivity contribution in [1.82, 2.24) is 4.98 Å². The van der Waals surface area contributed by atoms with Crippen LogP contribution < -0.4 is 4.74 Å². The number of unbranched alkanes of at least 4 members (excludes halogenated alkanes) is 1. The van der Waals surface area contributed by atoms with Crippen molar-refractivity contribution in [3.8, 4) is 5.75 Å². The second-order valence-corrected chi connectivity index (χ2v) is 3.77. The maximum Gasteiger partial charge on any atom is 0.311 e. The highest BCUT2D eigenvalue weighted by molar-refractivity contribution is 5.88. The average Bonchev–Trinajstić information content (AvgIpc) is 2.75. The first-order chi connectivity index (χ1) is 7.81. The van der Waals surface area contributed by atoms with Gasteiger partial charge in [-0.15, -0.1) is 0 Å². The third-order valence-electron chi connectivity index (χ3n) is 2.51. The summed E-state index contributed by atoms with van der Waals surface area (Å²) in [6, 6.07) is 7.57. The highest BCUT2D eigenvalue weighted by atomic mass is 16.5. The van der Waals surface area contributed by atoms with Crippen molar-refractivity contribution in [1.29, 1.82) is 0 Å². The smallest absolute Gasteiger partial charge is 0.311 e. The number of hydrogen-bond acceptors (Lipinski definition) is 2. The van der Waals surface area contributed by atoms with E-state index < -0.39 is 0 Å². The predicted octanol–water partition coefficient (Wildman–Crippen LogP) is 3.26. The van der Waals surface area contributed by atoms with Gasteiger partial charge in [-0.1, -0.05) is 19.4 Å². The summed E-state index contributed by atoms with van der Waals surface area (Å²) in [6.45, 7) is 2.06. The van der Waals surface area contributed by atoms with E-state index in [1.54, 1.807) is 0 Å². The number of benzene rings is 1. The molecule has 0 amide bonds. The lowest BCUT2D eigenvalue weighted by atomic mass is 10.2. The average molecular weight is 217 g/mol. The second-order valence-electron chi connectivity index (χ2n) is 3.77. The Balaban J connectivity index is 2.14. The summed E-state index contributed by atoms with van der Waals surface area (Å²) in [4.78, 5) is 14.6. The number of carbonyl (C=O) groups excluding carboxylic acids is 1. The van der Waals surface area contributed by atoms with E-state index in [2.05, 4.69) is 11.9 Å². The van der Waals surface area contributed by atoms with Gasteiger partial charge in [-0.2, -0.15) is 0 Å². The first kappa shape index (κ1) is 10.7. The van der Waals surface area contributed by atoms with Crippen LogP contribution in [0.1, 0.15) is 26.2 Å². The van der Waals surface area contributed by atoms with Gasteiger partial charge in [0.15, 0.2) is 0 Å². The number of nitrogens with one attached hydrogen (secondary N) is 1. The first-order valence-corrected chi connectivity index (χ1v) is 5.58. The molecule has 0 saturated heterocycles. The van der Waals surface area contributed by atoms with Crippen LogP contribution in [0.3, 0.4) is 0 Å². The molecular formula is C13H15NO2. The van der Waals surface area contributed by atoms with Crippen LogP contribution in [0.25, 0.3) is 10.9 Å². The number of ether oxygens (including phenoxy) is 1. The molecule has 0 radical (unpaired) electrons. The summed E-state index contributed by atoms with van der Waals surface area (Å²) in [6.07, 6.45) is 4.21. The molecular weight excluding hydrogens is 202 g/mol. The van der Waals surface area contributed by atoms with Crippen molar-refractivity contribution in [3.05, 3.63) is 30.5 Å². The number of fused-ring (bicyclic) bond motifs is 1. The molecule has 3 nitrogen and oxygen atoms in total. The Morgan fingerprint density at radius 2 is 2.25 bits per heavy atom. The van der Waals surface area contributed by atoms with E-state index in [1.807, 2.05) is 30.5 Å². The van der Waals surface area contributed by atoms with Gasteiger partial charge in [0.25, 0.3) is 0 Å². The van der Waals surface area contributed by atoms with Gasteiger partial charge in [0.05, 0.1) is 0 Å². The second kappa shape index (κ2) is 4.84. The lowest BCUT2D eigenvalue weighted by Gasteiger charge is -2.04. The van der Waals surface area contributed by atoms with Crippen molar-refractivity contribution in [2.24, 2.45) is 0 Å². The van der Waals surface area contributed by atoms with Crippen LogP contribution in [0.5, 0.6) is 5.75 Å². The van der Waals surface area contributed by atoms with Crippen LogP contribution in [0.2, 0.25) is 0 Å². The van der Waals surface area contributed by atoms with Crippen molar-refractivity contribution in [2.75, 3.05) is 0 Å². The Morgan fingerprint density at radius 3 is 3.06 bits per heavy atom. The number of rotatable bonds is 4. The molecule has 1 heterocycles. The molecule has 84 valence electrons. The van der Waals surface area contributed by atoms with E-state index in [4.69, 9.17) is 4.74 Å². The Bertz CT molecular complexity index is 487. The molecule has 3 heteroatoms. The summed E-state index contributed by atoms with van der Waals surface area (Å²) >= 11 is 0. The number of H-pyrrole nitrogens is 1. The highest BCUT2D eigenvalue weighted by Crippen LogP contribution is 2.24. The van der Waals surface area contributed by atoms with Crippen LogP contribution >= 0.6 is 0 Å². The maximum atomic E-state index is 11.5. The molecule has 0 aliphatic heterocycles. The molecule has 0 bridgehead atoms. The minimum absolute atomic E-state index is 0.157. The van der Waals surface area contributed by atoms with Gasteiger partial charge in [0, 0.05) is 23.5 Å². The summed E-state index contributed by atoms with van der Waals surface area (Å²) in [5.41, 5.74) is 0.987. The summed E-state index contributed by atoms with van der Waals surface area (Å²) in [7, 11) is 0. The first-order valence-electron chi connectivity index (χ1n) is 5.58. The molecule has 2 rings (SSSR count). The zero-order valence-corrected chi connectivity index (χ0v) is 9.32. The Hall–Kier alpha value is -1.77. The van der Waals surface area contributed by atoms with Crippen LogP contribution in [0.4, 0.5) is 0 Å². The summed E-state index contributed by atoms with van der Waals surface area (Å²) in [5, 5.41) is 0.951. The van der Waals surface area contributed by atoms with Gasteiger partial charge < -0.3 is 9.72 Å². The molecule has 0 fully saturated rings. The summed E-state index contributed by atoms with van der Waals surface area (Å²) < 4.78 is 5.33. The fraction of sp³-hybridized carbons (Fsp3) is 0.308. The quantitative estimate of drug-likeness (QED) is 0.631. The summed E-state index contributed by atoms with van der Waals surface area (Å²) in [5.74, 6) is 0.482. The molecule has 1 aromatic heterocycles. The van der Waals surface area contributed by atoms with Crippen LogP contribution in [0, 0.1) is 0 Å². The normalized spacial score (nSPS) is 10.6. The van der Waals surface area contributed by atoms with Gasteiger partial charge in [0.1, 0.15) is 5.75 Å². The molecule has 0 aliphatic carbocycles. The number of aromatic nitrogens is 1. The van der Waals surface area contributed by atoms with Gasteiger partial charge in [-0.25, -0.2) is 0 Å². The molecule has 16 heavy (non-hydrogen) atoms. The third kappa shape index (κ3) is 2.24.